The van der Waals surface area contributed by atoms with Crippen LogP contribution in [0.1, 0.15) is 5.56 Å². The number of rotatable bonds is 3. The summed E-state index contributed by atoms with van der Waals surface area (Å²) in [5.74, 6) is -1.00. The van der Waals surface area contributed by atoms with E-state index >= 15 is 0 Å². The lowest BCUT2D eigenvalue weighted by molar-refractivity contribution is 0.590. The van der Waals surface area contributed by atoms with Gasteiger partial charge in [-0.3, -0.25) is 0 Å². The van der Waals surface area contributed by atoms with Crippen LogP contribution in [0.3, 0.4) is 0 Å². The fourth-order valence-electron chi connectivity index (χ4n) is 2.07. The van der Waals surface area contributed by atoms with E-state index in [1.165, 1.54) is 12.4 Å². The van der Waals surface area contributed by atoms with Crippen molar-refractivity contribution in [2.45, 2.75) is 6.54 Å². The maximum Gasteiger partial charge on any atom is 0.152 e. The second-order valence-corrected chi connectivity index (χ2v) is 4.93. The van der Waals surface area contributed by atoms with E-state index in [0.717, 1.165) is 11.6 Å². The van der Waals surface area contributed by atoms with Crippen LogP contribution in [0, 0.1) is 11.6 Å². The summed E-state index contributed by atoms with van der Waals surface area (Å²) >= 11 is 5.91. The molecule has 0 aliphatic heterocycles. The van der Waals surface area contributed by atoms with Crippen LogP contribution in [0.5, 0.6) is 0 Å². The van der Waals surface area contributed by atoms with Gasteiger partial charge in [0.15, 0.2) is 5.82 Å². The molecule has 3 rings (SSSR count). The maximum absolute atomic E-state index is 13.7. The van der Waals surface area contributed by atoms with Crippen LogP contribution in [0.15, 0.2) is 42.7 Å². The average Bonchev–Trinajstić information content (AvgIpc) is 2.45. The van der Waals surface area contributed by atoms with E-state index in [-0.39, 0.29) is 5.52 Å². The van der Waals surface area contributed by atoms with Gasteiger partial charge in [-0.25, -0.2) is 18.7 Å². The van der Waals surface area contributed by atoms with E-state index in [0.29, 0.717) is 22.8 Å². The highest BCUT2D eigenvalue weighted by molar-refractivity contribution is 6.30. The molecule has 1 aromatic heterocycles. The van der Waals surface area contributed by atoms with Crippen molar-refractivity contribution in [3.63, 3.8) is 0 Å². The molecule has 0 amide bonds. The molecule has 1 N–H and O–H groups in total. The molecule has 0 saturated carbocycles. The fraction of sp³-hybridized carbons (Fsp3) is 0.0667. The normalized spacial score (nSPS) is 10.8. The number of nitrogens with zero attached hydrogens (tertiary/aromatic N) is 2. The fourth-order valence-corrected chi connectivity index (χ4v) is 2.28. The van der Waals surface area contributed by atoms with Crippen LogP contribution in [-0.2, 0) is 6.54 Å². The van der Waals surface area contributed by atoms with Gasteiger partial charge in [0.05, 0.1) is 0 Å². The van der Waals surface area contributed by atoms with Crippen molar-refractivity contribution in [3.05, 3.63) is 64.9 Å². The lowest BCUT2D eigenvalue weighted by atomic mass is 10.2. The van der Waals surface area contributed by atoms with Gasteiger partial charge in [-0.05, 0) is 23.8 Å². The molecule has 0 saturated heterocycles. The van der Waals surface area contributed by atoms with Crippen molar-refractivity contribution in [3.8, 4) is 0 Å². The molecule has 0 aliphatic rings. The van der Waals surface area contributed by atoms with Gasteiger partial charge in [0, 0.05) is 23.0 Å². The highest BCUT2D eigenvalue weighted by Crippen LogP contribution is 2.23. The molecule has 0 spiro atoms. The number of nitrogens with one attached hydrogen (secondary N) is 1. The Balaban J connectivity index is 1.94. The molecule has 3 aromatic rings. The molecule has 0 aliphatic carbocycles. The smallest absolute Gasteiger partial charge is 0.152 e. The minimum absolute atomic E-state index is 0.0833. The molecule has 2 aromatic carbocycles. The number of benzene rings is 2. The Morgan fingerprint density at radius 1 is 1.10 bits per heavy atom. The first-order chi connectivity index (χ1) is 10.1. The van der Waals surface area contributed by atoms with E-state index in [1.807, 2.05) is 12.1 Å². The summed E-state index contributed by atoms with van der Waals surface area (Å²) in [6.07, 6.45) is 1.24. The van der Waals surface area contributed by atoms with Crippen molar-refractivity contribution < 1.29 is 8.78 Å². The number of hydrogen-bond acceptors (Lipinski definition) is 3. The molecule has 0 radical (unpaired) electrons. The summed E-state index contributed by atoms with van der Waals surface area (Å²) in [5.41, 5.74) is 1.02. The number of fused-ring (bicyclic) bond motifs is 1. The van der Waals surface area contributed by atoms with E-state index in [1.54, 1.807) is 12.1 Å². The van der Waals surface area contributed by atoms with Crippen LogP contribution in [0.4, 0.5) is 14.6 Å². The first kappa shape index (κ1) is 13.7. The summed E-state index contributed by atoms with van der Waals surface area (Å²) in [5, 5.41) is 3.97. The van der Waals surface area contributed by atoms with Crippen LogP contribution in [-0.4, -0.2) is 9.97 Å². The molecule has 0 unspecified atom stereocenters. The lowest BCUT2D eigenvalue weighted by Crippen LogP contribution is -2.03. The number of halogens is 3. The zero-order valence-corrected chi connectivity index (χ0v) is 11.5. The standard InChI is InChI=1S/C15H10ClF2N3/c16-10-3-1-2-9(4-10)7-19-15-12-5-11(17)6-13(18)14(12)20-8-21-15/h1-6,8H,7H2,(H,19,20,21). The predicted molar refractivity (Wildman–Crippen MR) is 78.2 cm³/mol. The third kappa shape index (κ3) is 2.92. The zero-order chi connectivity index (χ0) is 14.8. The summed E-state index contributed by atoms with van der Waals surface area (Å²) in [6.45, 7) is 0.435. The quantitative estimate of drug-likeness (QED) is 0.789. The lowest BCUT2D eigenvalue weighted by Gasteiger charge is -2.09. The van der Waals surface area contributed by atoms with Gasteiger partial charge in [0.1, 0.15) is 23.5 Å². The monoisotopic (exact) mass is 305 g/mol. The minimum Gasteiger partial charge on any atom is -0.365 e. The van der Waals surface area contributed by atoms with Gasteiger partial charge < -0.3 is 5.32 Å². The van der Waals surface area contributed by atoms with Crippen molar-refractivity contribution in [2.24, 2.45) is 0 Å². The van der Waals surface area contributed by atoms with Crippen molar-refractivity contribution in [1.29, 1.82) is 0 Å². The highest BCUT2D eigenvalue weighted by Gasteiger charge is 2.10. The Morgan fingerprint density at radius 2 is 1.95 bits per heavy atom. The van der Waals surface area contributed by atoms with Crippen molar-refractivity contribution in [2.75, 3.05) is 5.32 Å². The summed E-state index contributed by atoms with van der Waals surface area (Å²) in [7, 11) is 0. The molecular formula is C15H10ClF2N3. The highest BCUT2D eigenvalue weighted by atomic mass is 35.5. The number of anilines is 1. The SMILES string of the molecule is Fc1cc(F)c2ncnc(NCc3cccc(Cl)c3)c2c1. The first-order valence-electron chi connectivity index (χ1n) is 6.21. The number of aromatic nitrogens is 2. The Hall–Kier alpha value is -2.27. The maximum atomic E-state index is 13.7. The third-order valence-electron chi connectivity index (χ3n) is 3.01. The van der Waals surface area contributed by atoms with E-state index in [4.69, 9.17) is 11.6 Å². The molecule has 0 atom stereocenters. The van der Waals surface area contributed by atoms with Gasteiger partial charge in [-0.1, -0.05) is 23.7 Å². The van der Waals surface area contributed by atoms with Gasteiger partial charge in [0.25, 0.3) is 0 Å². The van der Waals surface area contributed by atoms with E-state index in [9.17, 15) is 8.78 Å². The Morgan fingerprint density at radius 3 is 2.76 bits per heavy atom. The molecule has 1 heterocycles. The van der Waals surface area contributed by atoms with Gasteiger partial charge in [-0.15, -0.1) is 0 Å². The zero-order valence-electron chi connectivity index (χ0n) is 10.8. The van der Waals surface area contributed by atoms with E-state index in [2.05, 4.69) is 15.3 Å². The Labute approximate surface area is 124 Å². The van der Waals surface area contributed by atoms with Gasteiger partial charge in [0.2, 0.25) is 0 Å². The second-order valence-electron chi connectivity index (χ2n) is 4.49. The van der Waals surface area contributed by atoms with Crippen LogP contribution in [0.2, 0.25) is 5.02 Å². The van der Waals surface area contributed by atoms with Crippen LogP contribution >= 0.6 is 11.6 Å². The average molecular weight is 306 g/mol. The van der Waals surface area contributed by atoms with Gasteiger partial charge in [-0.2, -0.15) is 0 Å². The summed E-state index contributed by atoms with van der Waals surface area (Å²) < 4.78 is 27.0. The van der Waals surface area contributed by atoms with Crippen LogP contribution in [0.25, 0.3) is 10.9 Å². The second kappa shape index (κ2) is 5.61. The Bertz CT molecular complexity index is 808. The van der Waals surface area contributed by atoms with Crippen molar-refractivity contribution in [1.82, 2.24) is 9.97 Å². The van der Waals surface area contributed by atoms with Gasteiger partial charge >= 0.3 is 0 Å². The predicted octanol–water partition coefficient (Wildman–Crippen LogP) is 4.17. The minimum atomic E-state index is -0.710. The first-order valence-corrected chi connectivity index (χ1v) is 6.59. The topological polar surface area (TPSA) is 37.8 Å². The third-order valence-corrected chi connectivity index (χ3v) is 3.24. The van der Waals surface area contributed by atoms with E-state index < -0.39 is 11.6 Å². The van der Waals surface area contributed by atoms with Crippen LogP contribution < -0.4 is 5.32 Å². The molecule has 3 nitrogen and oxygen atoms in total. The summed E-state index contributed by atoms with van der Waals surface area (Å²) in [4.78, 5) is 7.88. The molecule has 0 fully saturated rings. The molecule has 6 heteroatoms. The molecule has 106 valence electrons. The number of hydrogen-bond donors (Lipinski definition) is 1. The van der Waals surface area contributed by atoms with Crippen molar-refractivity contribution >= 4 is 28.3 Å². The Kier molecular flexibility index (Phi) is 3.66. The molecule has 0 bridgehead atoms. The molecular weight excluding hydrogens is 296 g/mol. The largest absolute Gasteiger partial charge is 0.365 e. The summed E-state index contributed by atoms with van der Waals surface area (Å²) in [6, 6.07) is 9.31. The molecule has 21 heavy (non-hydrogen) atoms.